The Morgan fingerprint density at radius 3 is 2.41 bits per heavy atom. The van der Waals surface area contributed by atoms with Crippen LogP contribution in [-0.4, -0.2) is 9.38 Å². The highest BCUT2D eigenvalue weighted by Gasteiger charge is 2.25. The molecular formula is C26H24N3+. The van der Waals surface area contributed by atoms with Gasteiger partial charge in [-0.2, -0.15) is 0 Å². The van der Waals surface area contributed by atoms with E-state index in [0.717, 1.165) is 5.52 Å². The van der Waals surface area contributed by atoms with E-state index in [0.29, 0.717) is 5.92 Å². The summed E-state index contributed by atoms with van der Waals surface area (Å²) in [7, 11) is 2.12. The van der Waals surface area contributed by atoms with Gasteiger partial charge in [-0.25, -0.2) is 4.57 Å². The molecule has 0 aliphatic rings. The molecule has 0 spiro atoms. The van der Waals surface area contributed by atoms with Crippen molar-refractivity contribution in [3.8, 4) is 0 Å². The van der Waals surface area contributed by atoms with Crippen LogP contribution in [0.5, 0.6) is 0 Å². The van der Waals surface area contributed by atoms with Crippen molar-refractivity contribution < 1.29 is 4.57 Å². The van der Waals surface area contributed by atoms with Gasteiger partial charge in [0.1, 0.15) is 5.52 Å². The minimum Gasteiger partial charge on any atom is -0.308 e. The fourth-order valence-electron chi connectivity index (χ4n) is 5.25. The highest BCUT2D eigenvalue weighted by Crippen LogP contribution is 2.43. The Kier molecular flexibility index (Phi) is 3.14. The molecule has 0 saturated carbocycles. The monoisotopic (exact) mass is 378 g/mol. The Bertz CT molecular complexity index is 1600. The molecule has 3 heterocycles. The first-order valence-electron chi connectivity index (χ1n) is 10.3. The smallest absolute Gasteiger partial charge is 0.287 e. The van der Waals surface area contributed by atoms with E-state index < -0.39 is 0 Å². The molecule has 0 fully saturated rings. The Hall–Kier alpha value is -3.20. The molecule has 0 radical (unpaired) electrons. The van der Waals surface area contributed by atoms with Gasteiger partial charge in [0.2, 0.25) is 0 Å². The molecule has 0 amide bonds. The van der Waals surface area contributed by atoms with Crippen LogP contribution in [-0.2, 0) is 7.05 Å². The van der Waals surface area contributed by atoms with Crippen molar-refractivity contribution >= 4 is 49.1 Å². The van der Waals surface area contributed by atoms with Crippen LogP contribution in [0.15, 0.2) is 48.8 Å². The highest BCUT2D eigenvalue weighted by molar-refractivity contribution is 6.26. The average Bonchev–Trinajstić information content (AvgIpc) is 3.04. The molecule has 6 rings (SSSR count). The molecule has 0 bridgehead atoms. The lowest BCUT2D eigenvalue weighted by Gasteiger charge is -2.14. The summed E-state index contributed by atoms with van der Waals surface area (Å²) in [5, 5.41) is 5.34. The summed E-state index contributed by atoms with van der Waals surface area (Å²) in [4.78, 5) is 4.73. The van der Waals surface area contributed by atoms with Crippen molar-refractivity contribution in [1.29, 1.82) is 0 Å². The van der Waals surface area contributed by atoms with Gasteiger partial charge in [0.25, 0.3) is 6.33 Å². The van der Waals surface area contributed by atoms with Gasteiger partial charge >= 0.3 is 0 Å². The molecule has 3 heteroatoms. The van der Waals surface area contributed by atoms with E-state index in [2.05, 4.69) is 86.2 Å². The summed E-state index contributed by atoms with van der Waals surface area (Å²) in [6, 6.07) is 15.7. The number of aromatic nitrogens is 3. The van der Waals surface area contributed by atoms with Gasteiger partial charge in [-0.3, -0.25) is 0 Å². The van der Waals surface area contributed by atoms with Crippen LogP contribution in [0.4, 0.5) is 0 Å². The second kappa shape index (κ2) is 5.44. The fourth-order valence-corrected chi connectivity index (χ4v) is 5.25. The van der Waals surface area contributed by atoms with E-state index in [1.54, 1.807) is 0 Å². The topological polar surface area (TPSA) is 21.2 Å². The molecule has 6 aromatic rings. The highest BCUT2D eigenvalue weighted by atomic mass is 15.0. The fraction of sp³-hybridized carbons (Fsp3) is 0.231. The van der Waals surface area contributed by atoms with Crippen LogP contribution in [0.3, 0.4) is 0 Å². The van der Waals surface area contributed by atoms with E-state index in [1.807, 2.05) is 6.33 Å². The summed E-state index contributed by atoms with van der Waals surface area (Å²) in [6.45, 7) is 9.08. The molecule has 29 heavy (non-hydrogen) atoms. The number of hydrogen-bond acceptors (Lipinski definition) is 1. The third-order valence-electron chi connectivity index (χ3n) is 6.71. The van der Waals surface area contributed by atoms with Gasteiger partial charge in [-0.15, -0.1) is 0 Å². The minimum atomic E-state index is 0.472. The van der Waals surface area contributed by atoms with Gasteiger partial charge < -0.3 is 4.40 Å². The molecule has 3 aromatic heterocycles. The maximum absolute atomic E-state index is 4.73. The first kappa shape index (κ1) is 16.7. The zero-order chi connectivity index (χ0) is 20.0. The summed E-state index contributed by atoms with van der Waals surface area (Å²) in [5.41, 5.74) is 10.3. The first-order chi connectivity index (χ1) is 14.0. The van der Waals surface area contributed by atoms with Crippen LogP contribution in [0, 0.1) is 13.8 Å². The number of nitrogens with zero attached hydrogens (tertiary/aromatic N) is 3. The molecule has 0 saturated heterocycles. The average molecular weight is 378 g/mol. The number of hydrogen-bond donors (Lipinski definition) is 0. The van der Waals surface area contributed by atoms with E-state index in [9.17, 15) is 0 Å². The number of pyridine rings is 1. The summed E-state index contributed by atoms with van der Waals surface area (Å²) in [5.74, 6) is 0.472. The van der Waals surface area contributed by atoms with Gasteiger partial charge in [0.05, 0.1) is 34.4 Å². The van der Waals surface area contributed by atoms with Crippen LogP contribution < -0.4 is 4.57 Å². The number of rotatable bonds is 1. The van der Waals surface area contributed by atoms with Gasteiger partial charge in [-0.05, 0) is 65.7 Å². The maximum Gasteiger partial charge on any atom is 0.287 e. The summed E-state index contributed by atoms with van der Waals surface area (Å²) >= 11 is 0. The van der Waals surface area contributed by atoms with Crippen molar-refractivity contribution in [1.82, 2.24) is 9.38 Å². The van der Waals surface area contributed by atoms with Crippen molar-refractivity contribution in [3.05, 3.63) is 65.5 Å². The third-order valence-corrected chi connectivity index (χ3v) is 6.71. The molecule has 0 atom stereocenters. The Morgan fingerprint density at radius 1 is 0.931 bits per heavy atom. The minimum absolute atomic E-state index is 0.472. The zero-order valence-electron chi connectivity index (χ0n) is 17.5. The first-order valence-corrected chi connectivity index (χ1v) is 10.3. The van der Waals surface area contributed by atoms with Gasteiger partial charge in [0, 0.05) is 10.8 Å². The predicted octanol–water partition coefficient (Wildman–Crippen LogP) is 5.95. The standard InChI is InChI=1S/C26H24N3/c1-14(2)17-8-6-10-20-23(17)18-12-15(3)16(4)22-25(18)29(20)21-11-7-9-19-24(21)26(22)28(5)13-27-19/h6-14H,1-5H3/q+1. The van der Waals surface area contributed by atoms with Crippen molar-refractivity contribution in [2.24, 2.45) is 7.05 Å². The molecule has 3 aromatic carbocycles. The molecular weight excluding hydrogens is 354 g/mol. The number of benzene rings is 3. The van der Waals surface area contributed by atoms with E-state index in [-0.39, 0.29) is 0 Å². The van der Waals surface area contributed by atoms with Crippen LogP contribution in [0.25, 0.3) is 49.1 Å². The Balaban J connectivity index is 2.12. The zero-order valence-corrected chi connectivity index (χ0v) is 17.5. The molecule has 0 aliphatic carbocycles. The van der Waals surface area contributed by atoms with E-state index >= 15 is 0 Å². The van der Waals surface area contributed by atoms with Crippen molar-refractivity contribution in [2.45, 2.75) is 33.6 Å². The second-order valence-corrected chi connectivity index (χ2v) is 8.70. The lowest BCUT2D eigenvalue weighted by molar-refractivity contribution is -0.646. The summed E-state index contributed by atoms with van der Waals surface area (Å²) < 4.78 is 4.67. The van der Waals surface area contributed by atoms with Crippen molar-refractivity contribution in [2.75, 3.05) is 0 Å². The third kappa shape index (κ3) is 1.93. The maximum atomic E-state index is 4.73. The predicted molar refractivity (Wildman–Crippen MR) is 121 cm³/mol. The normalized spacial score (nSPS) is 12.6. The Labute approximate surface area is 169 Å². The lowest BCUT2D eigenvalue weighted by Crippen LogP contribution is -2.30. The van der Waals surface area contributed by atoms with Crippen LogP contribution in [0.2, 0.25) is 0 Å². The van der Waals surface area contributed by atoms with E-state index in [1.165, 1.54) is 60.3 Å². The van der Waals surface area contributed by atoms with Gasteiger partial charge in [-0.1, -0.05) is 32.0 Å². The molecule has 0 N–H and O–H groups in total. The number of aryl methyl sites for hydroxylation is 3. The number of fused-ring (bicyclic) bond motifs is 5. The van der Waals surface area contributed by atoms with E-state index in [4.69, 9.17) is 4.98 Å². The SMILES string of the molecule is Cc1cc2c3c(C(C)C)cccc3n3c4cccc5nc[n+](C)c(c(c1C)c23)c54. The van der Waals surface area contributed by atoms with Crippen LogP contribution >= 0.6 is 0 Å². The molecule has 0 aliphatic heterocycles. The van der Waals surface area contributed by atoms with Crippen molar-refractivity contribution in [3.63, 3.8) is 0 Å². The second-order valence-electron chi connectivity index (χ2n) is 8.70. The molecule has 142 valence electrons. The quantitative estimate of drug-likeness (QED) is 0.197. The largest absolute Gasteiger partial charge is 0.308 e. The molecule has 0 unspecified atom stereocenters. The van der Waals surface area contributed by atoms with Gasteiger partial charge in [0.15, 0.2) is 5.52 Å². The lowest BCUT2D eigenvalue weighted by atomic mass is 9.94. The molecule has 3 nitrogen and oxygen atoms in total. The Morgan fingerprint density at radius 2 is 1.66 bits per heavy atom. The van der Waals surface area contributed by atoms with Crippen LogP contribution in [0.1, 0.15) is 36.5 Å². The summed E-state index contributed by atoms with van der Waals surface area (Å²) in [6.07, 6.45) is 1.95.